The molecule has 0 spiro atoms. The van der Waals surface area contributed by atoms with Crippen molar-refractivity contribution in [3.63, 3.8) is 0 Å². The second kappa shape index (κ2) is 5.09. The van der Waals surface area contributed by atoms with E-state index in [0.29, 0.717) is 6.04 Å². The Balaban J connectivity index is 2.13. The van der Waals surface area contributed by atoms with Gasteiger partial charge in [-0.1, -0.05) is 0 Å². The van der Waals surface area contributed by atoms with Crippen molar-refractivity contribution in [2.24, 2.45) is 0 Å². The molecule has 0 radical (unpaired) electrons. The molecule has 2 rings (SSSR count). The zero-order valence-electron chi connectivity index (χ0n) is 9.45. The number of nitrogens with zero attached hydrogens (tertiary/aromatic N) is 3. The molecule has 0 bridgehead atoms. The molecule has 1 aliphatic rings. The van der Waals surface area contributed by atoms with E-state index in [1.807, 2.05) is 0 Å². The number of nitro groups is 1. The highest BCUT2D eigenvalue weighted by Crippen LogP contribution is 2.26. The predicted octanol–water partition coefficient (Wildman–Crippen LogP) is 1.34. The smallest absolute Gasteiger partial charge is 0.287 e. The van der Waals surface area contributed by atoms with Gasteiger partial charge < -0.3 is 10.0 Å². The number of hydrogen-bond acceptors (Lipinski definition) is 5. The molecule has 0 aromatic carbocycles. The first-order chi connectivity index (χ1) is 8.22. The van der Waals surface area contributed by atoms with Crippen molar-refractivity contribution in [3.05, 3.63) is 28.4 Å². The van der Waals surface area contributed by atoms with E-state index in [2.05, 4.69) is 9.88 Å². The van der Waals surface area contributed by atoms with E-state index in [9.17, 15) is 10.1 Å². The maximum Gasteiger partial charge on any atom is 0.287 e. The van der Waals surface area contributed by atoms with E-state index >= 15 is 0 Å². The van der Waals surface area contributed by atoms with Crippen LogP contribution in [0.2, 0.25) is 0 Å². The average molecular weight is 237 g/mol. The summed E-state index contributed by atoms with van der Waals surface area (Å²) in [5, 5.41) is 19.5. The molecule has 2 heterocycles. The van der Waals surface area contributed by atoms with Crippen molar-refractivity contribution >= 4 is 11.5 Å². The Morgan fingerprint density at radius 1 is 1.59 bits per heavy atom. The third-order valence-corrected chi connectivity index (χ3v) is 3.08. The Morgan fingerprint density at radius 2 is 2.41 bits per heavy atom. The molecule has 0 amide bonds. The van der Waals surface area contributed by atoms with Gasteiger partial charge in [0.1, 0.15) is 12.0 Å². The van der Waals surface area contributed by atoms with Gasteiger partial charge in [0.25, 0.3) is 5.69 Å². The summed E-state index contributed by atoms with van der Waals surface area (Å²) >= 11 is 0. The van der Waals surface area contributed by atoms with Gasteiger partial charge in [0.2, 0.25) is 0 Å². The van der Waals surface area contributed by atoms with E-state index in [1.54, 1.807) is 6.07 Å². The van der Waals surface area contributed by atoms with Crippen molar-refractivity contribution in [3.8, 4) is 0 Å². The first-order valence-corrected chi connectivity index (χ1v) is 5.70. The molecule has 1 atom stereocenters. The van der Waals surface area contributed by atoms with Crippen LogP contribution < -0.4 is 4.90 Å². The number of hydrogen-bond donors (Lipinski definition) is 1. The summed E-state index contributed by atoms with van der Waals surface area (Å²) in [7, 11) is 0. The molecule has 1 aromatic rings. The van der Waals surface area contributed by atoms with E-state index < -0.39 is 4.92 Å². The van der Waals surface area contributed by atoms with Crippen LogP contribution in [0.5, 0.6) is 0 Å². The SMILES string of the molecule is O=[N+]([O-])c1ccc(N2CCCC2CCO)nc1. The molecule has 1 unspecified atom stereocenters. The Hall–Kier alpha value is -1.69. The highest BCUT2D eigenvalue weighted by Gasteiger charge is 2.25. The second-order valence-corrected chi connectivity index (χ2v) is 4.13. The summed E-state index contributed by atoms with van der Waals surface area (Å²) in [4.78, 5) is 16.3. The number of aromatic nitrogens is 1. The first kappa shape index (κ1) is 11.8. The summed E-state index contributed by atoms with van der Waals surface area (Å²) in [5.74, 6) is 0.756. The van der Waals surface area contributed by atoms with Crippen LogP contribution in [-0.2, 0) is 0 Å². The Morgan fingerprint density at radius 3 is 3.00 bits per heavy atom. The van der Waals surface area contributed by atoms with E-state index in [0.717, 1.165) is 31.6 Å². The third-order valence-electron chi connectivity index (χ3n) is 3.08. The summed E-state index contributed by atoms with van der Waals surface area (Å²) in [5.41, 5.74) is 0.00616. The second-order valence-electron chi connectivity index (χ2n) is 4.13. The van der Waals surface area contributed by atoms with Gasteiger partial charge in [-0.3, -0.25) is 10.1 Å². The topological polar surface area (TPSA) is 79.5 Å². The van der Waals surface area contributed by atoms with Crippen LogP contribution in [0.15, 0.2) is 18.3 Å². The van der Waals surface area contributed by atoms with E-state index in [4.69, 9.17) is 5.11 Å². The number of anilines is 1. The van der Waals surface area contributed by atoms with E-state index in [1.165, 1.54) is 12.3 Å². The molecule has 6 nitrogen and oxygen atoms in total. The lowest BCUT2D eigenvalue weighted by Crippen LogP contribution is -2.30. The monoisotopic (exact) mass is 237 g/mol. The third kappa shape index (κ3) is 2.52. The van der Waals surface area contributed by atoms with Crippen molar-refractivity contribution < 1.29 is 10.0 Å². The molecule has 0 saturated carbocycles. The maximum atomic E-state index is 10.5. The molecule has 6 heteroatoms. The van der Waals surface area contributed by atoms with Crippen molar-refractivity contribution in [1.29, 1.82) is 0 Å². The van der Waals surface area contributed by atoms with Gasteiger partial charge in [-0.15, -0.1) is 0 Å². The van der Waals surface area contributed by atoms with Gasteiger partial charge in [-0.25, -0.2) is 4.98 Å². The van der Waals surface area contributed by atoms with Gasteiger partial charge in [0.05, 0.1) is 4.92 Å². The maximum absolute atomic E-state index is 10.5. The molecule has 1 aliphatic heterocycles. The highest BCUT2D eigenvalue weighted by atomic mass is 16.6. The Kier molecular flexibility index (Phi) is 3.53. The lowest BCUT2D eigenvalue weighted by Gasteiger charge is -2.24. The number of aliphatic hydroxyl groups is 1. The van der Waals surface area contributed by atoms with Crippen molar-refractivity contribution in [2.45, 2.75) is 25.3 Å². The van der Waals surface area contributed by atoms with Crippen LogP contribution in [0.4, 0.5) is 11.5 Å². The summed E-state index contributed by atoms with van der Waals surface area (Å²) in [6.07, 6.45) is 4.12. The fourth-order valence-corrected chi connectivity index (χ4v) is 2.24. The zero-order chi connectivity index (χ0) is 12.3. The molecular weight excluding hydrogens is 222 g/mol. The lowest BCUT2D eigenvalue weighted by molar-refractivity contribution is -0.385. The average Bonchev–Trinajstić information content (AvgIpc) is 2.78. The predicted molar refractivity (Wildman–Crippen MR) is 63.0 cm³/mol. The Bertz CT molecular complexity index is 393. The minimum Gasteiger partial charge on any atom is -0.396 e. The molecule has 1 fully saturated rings. The van der Waals surface area contributed by atoms with Crippen LogP contribution in [0.25, 0.3) is 0 Å². The molecule has 1 saturated heterocycles. The van der Waals surface area contributed by atoms with Gasteiger partial charge in [-0.05, 0) is 25.3 Å². The number of rotatable bonds is 4. The van der Waals surface area contributed by atoms with Crippen LogP contribution >= 0.6 is 0 Å². The summed E-state index contributed by atoms with van der Waals surface area (Å²) in [6, 6.07) is 3.44. The van der Waals surface area contributed by atoms with Crippen LogP contribution in [0.3, 0.4) is 0 Å². The zero-order valence-corrected chi connectivity index (χ0v) is 9.45. The minimum absolute atomic E-state index is 0.00616. The minimum atomic E-state index is -0.452. The van der Waals surface area contributed by atoms with Crippen LogP contribution in [0, 0.1) is 10.1 Å². The van der Waals surface area contributed by atoms with Crippen molar-refractivity contribution in [2.75, 3.05) is 18.1 Å². The van der Waals surface area contributed by atoms with Crippen LogP contribution in [-0.4, -0.2) is 34.2 Å². The van der Waals surface area contributed by atoms with Gasteiger partial charge in [-0.2, -0.15) is 0 Å². The standard InChI is InChI=1S/C11H15N3O3/c15-7-5-9-2-1-6-13(9)11-4-3-10(8-12-11)14(16)17/h3-4,8-9,15H,1-2,5-7H2. The van der Waals surface area contributed by atoms with Crippen molar-refractivity contribution in [1.82, 2.24) is 4.98 Å². The number of pyridine rings is 1. The molecular formula is C11H15N3O3. The lowest BCUT2D eigenvalue weighted by atomic mass is 10.1. The highest BCUT2D eigenvalue weighted by molar-refractivity contribution is 5.44. The molecule has 17 heavy (non-hydrogen) atoms. The quantitative estimate of drug-likeness (QED) is 0.631. The Labute approximate surface area is 99.0 Å². The van der Waals surface area contributed by atoms with Gasteiger partial charge in [0.15, 0.2) is 0 Å². The largest absolute Gasteiger partial charge is 0.396 e. The number of aliphatic hydroxyl groups excluding tert-OH is 1. The fraction of sp³-hybridized carbons (Fsp3) is 0.545. The van der Waals surface area contributed by atoms with Gasteiger partial charge in [0, 0.05) is 25.3 Å². The van der Waals surface area contributed by atoms with E-state index in [-0.39, 0.29) is 12.3 Å². The summed E-state index contributed by atoms with van der Waals surface area (Å²) < 4.78 is 0. The van der Waals surface area contributed by atoms with Crippen LogP contribution in [0.1, 0.15) is 19.3 Å². The van der Waals surface area contributed by atoms with Gasteiger partial charge >= 0.3 is 0 Å². The fourth-order valence-electron chi connectivity index (χ4n) is 2.24. The summed E-state index contributed by atoms with van der Waals surface area (Å²) in [6.45, 7) is 1.06. The molecule has 1 aromatic heterocycles. The molecule has 1 N–H and O–H groups in total. The molecule has 92 valence electrons. The first-order valence-electron chi connectivity index (χ1n) is 5.70. The normalized spacial score (nSPS) is 19.6. The molecule has 0 aliphatic carbocycles.